The van der Waals surface area contributed by atoms with Crippen LogP contribution in [0.25, 0.3) is 0 Å². The standard InChI is InChI=1S/C7H10O3.C2H4O/c1-5(2)7(8)10-4-6-3-9-6;1-2-3-1/h6H,1,3-4H2,2H3;1-2H2. The van der Waals surface area contributed by atoms with Gasteiger partial charge in [-0.3, -0.25) is 0 Å². The van der Waals surface area contributed by atoms with Gasteiger partial charge in [-0.1, -0.05) is 6.58 Å². The molecule has 2 rings (SSSR count). The molecular formula is C9H14O4. The Labute approximate surface area is 77.5 Å². The highest BCUT2D eigenvalue weighted by atomic mass is 16.6. The van der Waals surface area contributed by atoms with Crippen molar-refractivity contribution in [2.24, 2.45) is 0 Å². The van der Waals surface area contributed by atoms with Crippen LogP contribution in [0.4, 0.5) is 0 Å². The van der Waals surface area contributed by atoms with Crippen molar-refractivity contribution in [2.45, 2.75) is 13.0 Å². The zero-order chi connectivity index (χ0) is 9.68. The monoisotopic (exact) mass is 186 g/mol. The van der Waals surface area contributed by atoms with Crippen molar-refractivity contribution in [1.29, 1.82) is 0 Å². The third kappa shape index (κ3) is 6.31. The first-order chi connectivity index (χ1) is 6.20. The van der Waals surface area contributed by atoms with Gasteiger partial charge in [0.1, 0.15) is 12.7 Å². The number of esters is 1. The fourth-order valence-electron chi connectivity index (χ4n) is 0.456. The van der Waals surface area contributed by atoms with Gasteiger partial charge in [0.25, 0.3) is 0 Å². The number of rotatable bonds is 3. The summed E-state index contributed by atoms with van der Waals surface area (Å²) in [6.07, 6.45) is 0.142. The van der Waals surface area contributed by atoms with Crippen molar-refractivity contribution in [3.63, 3.8) is 0 Å². The van der Waals surface area contributed by atoms with Crippen molar-refractivity contribution in [3.05, 3.63) is 12.2 Å². The second-order valence-corrected chi connectivity index (χ2v) is 2.95. The van der Waals surface area contributed by atoms with E-state index in [1.165, 1.54) is 0 Å². The molecule has 2 aliphatic heterocycles. The molecule has 0 saturated carbocycles. The molecule has 4 nitrogen and oxygen atoms in total. The first-order valence-corrected chi connectivity index (χ1v) is 4.22. The minimum atomic E-state index is -0.337. The Hall–Kier alpha value is -0.870. The molecule has 74 valence electrons. The predicted molar refractivity (Wildman–Crippen MR) is 46.3 cm³/mol. The van der Waals surface area contributed by atoms with E-state index < -0.39 is 0 Å². The van der Waals surface area contributed by atoms with Crippen LogP contribution in [0, 0.1) is 0 Å². The second kappa shape index (κ2) is 4.99. The van der Waals surface area contributed by atoms with E-state index in [-0.39, 0.29) is 12.1 Å². The third-order valence-corrected chi connectivity index (χ3v) is 1.36. The molecule has 2 heterocycles. The molecule has 2 fully saturated rings. The van der Waals surface area contributed by atoms with Crippen LogP contribution in [-0.4, -0.2) is 38.5 Å². The SMILES string of the molecule is C1CO1.C=C(C)C(=O)OCC1CO1. The first-order valence-electron chi connectivity index (χ1n) is 4.22. The van der Waals surface area contributed by atoms with Crippen LogP contribution in [0.1, 0.15) is 6.92 Å². The van der Waals surface area contributed by atoms with Gasteiger partial charge in [-0.05, 0) is 6.92 Å². The number of hydrogen-bond acceptors (Lipinski definition) is 4. The lowest BCUT2D eigenvalue weighted by atomic mass is 10.4. The summed E-state index contributed by atoms with van der Waals surface area (Å²) in [6, 6.07) is 0. The summed E-state index contributed by atoms with van der Waals surface area (Å²) < 4.78 is 14.1. The summed E-state index contributed by atoms with van der Waals surface area (Å²) in [6.45, 7) is 8.14. The minimum Gasteiger partial charge on any atom is -0.459 e. The zero-order valence-corrected chi connectivity index (χ0v) is 7.75. The largest absolute Gasteiger partial charge is 0.459 e. The van der Waals surface area contributed by atoms with Gasteiger partial charge in [0, 0.05) is 5.57 Å². The fourth-order valence-corrected chi connectivity index (χ4v) is 0.456. The molecule has 0 bridgehead atoms. The van der Waals surface area contributed by atoms with E-state index in [0.29, 0.717) is 18.8 Å². The predicted octanol–water partition coefficient (Wildman–Crippen LogP) is 0.521. The molecule has 0 aromatic rings. The Balaban J connectivity index is 0.000000236. The van der Waals surface area contributed by atoms with Crippen molar-refractivity contribution in [3.8, 4) is 0 Å². The molecule has 13 heavy (non-hydrogen) atoms. The van der Waals surface area contributed by atoms with Gasteiger partial charge in [0.05, 0.1) is 19.8 Å². The molecular weight excluding hydrogens is 172 g/mol. The number of epoxide rings is 2. The molecule has 0 radical (unpaired) electrons. The molecule has 0 amide bonds. The smallest absolute Gasteiger partial charge is 0.333 e. The first kappa shape index (κ1) is 10.2. The van der Waals surface area contributed by atoms with Gasteiger partial charge >= 0.3 is 5.97 Å². The van der Waals surface area contributed by atoms with Gasteiger partial charge < -0.3 is 14.2 Å². The van der Waals surface area contributed by atoms with Gasteiger partial charge in [0.2, 0.25) is 0 Å². The Morgan fingerprint density at radius 2 is 2.15 bits per heavy atom. The third-order valence-electron chi connectivity index (χ3n) is 1.36. The molecule has 0 N–H and O–H groups in total. The molecule has 1 atom stereocenters. The summed E-state index contributed by atoms with van der Waals surface area (Å²) in [5.74, 6) is -0.337. The minimum absolute atomic E-state index is 0.142. The van der Waals surface area contributed by atoms with Crippen LogP contribution >= 0.6 is 0 Å². The highest BCUT2D eigenvalue weighted by molar-refractivity contribution is 5.86. The van der Waals surface area contributed by atoms with E-state index in [0.717, 1.165) is 13.2 Å². The Morgan fingerprint density at radius 3 is 2.46 bits per heavy atom. The number of ether oxygens (including phenoxy) is 3. The molecule has 0 aliphatic carbocycles. The normalized spacial score (nSPS) is 22.4. The van der Waals surface area contributed by atoms with E-state index in [2.05, 4.69) is 11.3 Å². The number of hydrogen-bond donors (Lipinski definition) is 0. The van der Waals surface area contributed by atoms with Crippen molar-refractivity contribution in [2.75, 3.05) is 26.4 Å². The van der Waals surface area contributed by atoms with Crippen LogP contribution in [-0.2, 0) is 19.0 Å². The lowest BCUT2D eigenvalue weighted by Crippen LogP contribution is -2.09. The average Bonchev–Trinajstić information content (AvgIpc) is 2.88. The Morgan fingerprint density at radius 1 is 1.62 bits per heavy atom. The van der Waals surface area contributed by atoms with E-state index in [1.807, 2.05) is 0 Å². The van der Waals surface area contributed by atoms with E-state index in [1.54, 1.807) is 6.92 Å². The summed E-state index contributed by atoms with van der Waals surface area (Å²) in [5, 5.41) is 0. The van der Waals surface area contributed by atoms with Crippen molar-refractivity contribution in [1.82, 2.24) is 0 Å². The van der Waals surface area contributed by atoms with Crippen molar-refractivity contribution < 1.29 is 19.0 Å². The van der Waals surface area contributed by atoms with Crippen LogP contribution in [0.2, 0.25) is 0 Å². The molecule has 0 aromatic carbocycles. The summed E-state index contributed by atoms with van der Waals surface area (Å²) in [5.41, 5.74) is 0.431. The molecule has 4 heteroatoms. The van der Waals surface area contributed by atoms with Crippen LogP contribution in [0.5, 0.6) is 0 Å². The molecule has 2 saturated heterocycles. The molecule has 0 spiro atoms. The number of carbonyl (C=O) groups excluding carboxylic acids is 1. The lowest BCUT2D eigenvalue weighted by molar-refractivity contribution is -0.139. The van der Waals surface area contributed by atoms with Crippen LogP contribution in [0.3, 0.4) is 0 Å². The lowest BCUT2D eigenvalue weighted by Gasteiger charge is -1.99. The van der Waals surface area contributed by atoms with Gasteiger partial charge in [-0.2, -0.15) is 0 Å². The molecule has 1 unspecified atom stereocenters. The second-order valence-electron chi connectivity index (χ2n) is 2.95. The van der Waals surface area contributed by atoms with E-state index in [9.17, 15) is 4.79 Å². The molecule has 2 aliphatic rings. The van der Waals surface area contributed by atoms with Crippen LogP contribution < -0.4 is 0 Å². The quantitative estimate of drug-likeness (QED) is 0.366. The van der Waals surface area contributed by atoms with E-state index in [4.69, 9.17) is 9.47 Å². The maximum Gasteiger partial charge on any atom is 0.333 e. The van der Waals surface area contributed by atoms with Crippen LogP contribution in [0.15, 0.2) is 12.2 Å². The van der Waals surface area contributed by atoms with Gasteiger partial charge in [-0.25, -0.2) is 4.79 Å². The zero-order valence-electron chi connectivity index (χ0n) is 7.75. The average molecular weight is 186 g/mol. The van der Waals surface area contributed by atoms with Gasteiger partial charge in [0.15, 0.2) is 0 Å². The highest BCUT2D eigenvalue weighted by Crippen LogP contribution is 2.09. The summed E-state index contributed by atoms with van der Waals surface area (Å²) >= 11 is 0. The summed E-state index contributed by atoms with van der Waals surface area (Å²) in [7, 11) is 0. The number of carbonyl (C=O) groups is 1. The highest BCUT2D eigenvalue weighted by Gasteiger charge is 2.24. The fraction of sp³-hybridized carbons (Fsp3) is 0.667. The maximum atomic E-state index is 10.7. The Bertz CT molecular complexity index is 191. The molecule has 0 aromatic heterocycles. The van der Waals surface area contributed by atoms with Crippen molar-refractivity contribution >= 4 is 5.97 Å². The Kier molecular flexibility index (Phi) is 3.92. The van der Waals surface area contributed by atoms with Gasteiger partial charge in [-0.15, -0.1) is 0 Å². The van der Waals surface area contributed by atoms with E-state index >= 15 is 0 Å². The topological polar surface area (TPSA) is 51.4 Å². The summed E-state index contributed by atoms with van der Waals surface area (Å²) in [4.78, 5) is 10.7. The maximum absolute atomic E-state index is 10.7.